The summed E-state index contributed by atoms with van der Waals surface area (Å²) in [7, 11) is 0. The SMILES string of the molecule is CC1(F)C(C)(F)C2(F)C(F)(F)C(F)(F)C1(F)C2(F)F. The van der Waals surface area contributed by atoms with Crippen LogP contribution < -0.4 is 0 Å². The van der Waals surface area contributed by atoms with Crippen LogP contribution in [0.3, 0.4) is 0 Å². The van der Waals surface area contributed by atoms with Gasteiger partial charge in [-0.05, 0) is 13.8 Å². The van der Waals surface area contributed by atoms with Gasteiger partial charge in [0.15, 0.2) is 11.3 Å². The Balaban J connectivity index is 2.99. The predicted molar refractivity (Wildman–Crippen MR) is 41.5 cm³/mol. The van der Waals surface area contributed by atoms with Crippen molar-refractivity contribution in [3.63, 3.8) is 0 Å². The molecule has 0 heterocycles. The van der Waals surface area contributed by atoms with Crippen LogP contribution in [0.25, 0.3) is 0 Å². The summed E-state index contributed by atoms with van der Waals surface area (Å²) in [5.41, 5.74) is -21.7. The van der Waals surface area contributed by atoms with E-state index in [-0.39, 0.29) is 0 Å². The van der Waals surface area contributed by atoms with E-state index in [9.17, 15) is 43.9 Å². The topological polar surface area (TPSA) is 0 Å². The molecule has 19 heavy (non-hydrogen) atoms. The number of alkyl halides is 10. The van der Waals surface area contributed by atoms with Crippen molar-refractivity contribution in [2.24, 2.45) is 0 Å². The molecule has 0 amide bonds. The number of fused-ring (bicyclic) bond motifs is 2. The summed E-state index contributed by atoms with van der Waals surface area (Å²) in [5.74, 6) is -19.1. The fourth-order valence-corrected chi connectivity index (χ4v) is 2.89. The van der Waals surface area contributed by atoms with E-state index in [4.69, 9.17) is 0 Å². The fraction of sp³-hybridized carbons (Fsp3) is 1.00. The summed E-state index contributed by atoms with van der Waals surface area (Å²) in [6, 6.07) is 0. The summed E-state index contributed by atoms with van der Waals surface area (Å²) in [4.78, 5) is 0. The van der Waals surface area contributed by atoms with Gasteiger partial charge in [-0.2, -0.15) is 26.3 Å². The average molecular weight is 304 g/mol. The Hall–Kier alpha value is -0.700. The smallest absolute Gasteiger partial charge is 0.236 e. The van der Waals surface area contributed by atoms with Crippen molar-refractivity contribution in [3.8, 4) is 0 Å². The minimum Gasteiger partial charge on any atom is -0.236 e. The number of hydrogen-bond acceptors (Lipinski definition) is 0. The van der Waals surface area contributed by atoms with E-state index in [0.717, 1.165) is 0 Å². The van der Waals surface area contributed by atoms with Crippen LogP contribution in [-0.2, 0) is 0 Å². The van der Waals surface area contributed by atoms with Crippen LogP contribution in [0.4, 0.5) is 43.9 Å². The molecular weight excluding hydrogens is 298 g/mol. The highest BCUT2D eigenvalue weighted by atomic mass is 19.3. The second-order valence-corrected chi connectivity index (χ2v) is 5.05. The molecule has 0 aliphatic heterocycles. The Morgan fingerprint density at radius 2 is 0.632 bits per heavy atom. The number of hydrogen-bond donors (Lipinski definition) is 0. The zero-order chi connectivity index (χ0) is 15.5. The van der Waals surface area contributed by atoms with Gasteiger partial charge in [-0.3, -0.25) is 0 Å². The van der Waals surface area contributed by atoms with E-state index in [1.54, 1.807) is 0 Å². The molecule has 112 valence electrons. The normalized spacial score (nSPS) is 57.5. The van der Waals surface area contributed by atoms with Crippen molar-refractivity contribution in [1.29, 1.82) is 0 Å². The van der Waals surface area contributed by atoms with E-state index < -0.39 is 54.3 Å². The van der Waals surface area contributed by atoms with E-state index in [1.165, 1.54) is 0 Å². The molecule has 0 saturated heterocycles. The minimum atomic E-state index is -6.41. The Bertz CT molecular complexity index is 380. The van der Waals surface area contributed by atoms with Crippen LogP contribution in [0.1, 0.15) is 13.8 Å². The van der Waals surface area contributed by atoms with Gasteiger partial charge in [-0.15, -0.1) is 0 Å². The first-order valence-electron chi connectivity index (χ1n) is 4.89. The quantitative estimate of drug-likeness (QED) is 0.597. The lowest BCUT2D eigenvalue weighted by Gasteiger charge is -2.47. The average Bonchev–Trinajstić information content (AvgIpc) is 2.32. The van der Waals surface area contributed by atoms with Gasteiger partial charge in [0, 0.05) is 0 Å². The van der Waals surface area contributed by atoms with Gasteiger partial charge in [0.25, 0.3) is 11.3 Å². The maximum Gasteiger partial charge on any atom is 0.356 e. The lowest BCUT2D eigenvalue weighted by atomic mass is 9.70. The molecule has 0 radical (unpaired) electrons. The molecule has 2 fully saturated rings. The molecule has 2 aliphatic rings. The highest BCUT2D eigenvalue weighted by Gasteiger charge is 3.13. The van der Waals surface area contributed by atoms with Gasteiger partial charge in [0.05, 0.1) is 0 Å². The second-order valence-electron chi connectivity index (χ2n) is 5.05. The Morgan fingerprint density at radius 1 is 0.421 bits per heavy atom. The van der Waals surface area contributed by atoms with Crippen molar-refractivity contribution in [1.82, 2.24) is 0 Å². The molecule has 4 unspecified atom stereocenters. The molecule has 0 N–H and O–H groups in total. The van der Waals surface area contributed by atoms with Crippen molar-refractivity contribution in [2.75, 3.05) is 0 Å². The van der Waals surface area contributed by atoms with Crippen LogP contribution in [-0.4, -0.2) is 40.4 Å². The van der Waals surface area contributed by atoms with E-state index >= 15 is 0 Å². The van der Waals surface area contributed by atoms with Crippen LogP contribution >= 0.6 is 0 Å². The Labute approximate surface area is 99.3 Å². The van der Waals surface area contributed by atoms with Gasteiger partial charge < -0.3 is 0 Å². The minimum absolute atomic E-state index is 0.425. The summed E-state index contributed by atoms with van der Waals surface area (Å²) < 4.78 is 134. The van der Waals surface area contributed by atoms with E-state index in [1.807, 2.05) is 0 Å². The second kappa shape index (κ2) is 2.69. The van der Waals surface area contributed by atoms with Gasteiger partial charge in [0.2, 0.25) is 0 Å². The third-order valence-corrected chi connectivity index (χ3v) is 4.30. The highest BCUT2D eigenvalue weighted by molar-refractivity contribution is 5.48. The Kier molecular flexibility index (Phi) is 2.09. The van der Waals surface area contributed by atoms with Crippen LogP contribution in [0.15, 0.2) is 0 Å². The molecule has 2 aliphatic carbocycles. The first kappa shape index (κ1) is 14.7. The third kappa shape index (κ3) is 0.797. The van der Waals surface area contributed by atoms with Crippen LogP contribution in [0.5, 0.6) is 0 Å². The standard InChI is InChI=1S/C9H6F10/c1-3(10)4(2,11)6(13)7(14,15)5(3,12)8(16,17)9(6,18)19/h1-2H3. The molecule has 4 atom stereocenters. The van der Waals surface area contributed by atoms with Gasteiger partial charge in [-0.1, -0.05) is 0 Å². The summed E-state index contributed by atoms with van der Waals surface area (Å²) >= 11 is 0. The molecule has 2 saturated carbocycles. The fourth-order valence-electron chi connectivity index (χ4n) is 2.89. The molecule has 0 spiro atoms. The van der Waals surface area contributed by atoms with Crippen LogP contribution in [0, 0.1) is 0 Å². The van der Waals surface area contributed by atoms with E-state index in [2.05, 4.69) is 0 Å². The molecule has 0 aromatic carbocycles. The molecule has 0 nitrogen and oxygen atoms in total. The zero-order valence-electron chi connectivity index (χ0n) is 9.28. The summed E-state index contributed by atoms with van der Waals surface area (Å²) in [5, 5.41) is 0. The molecular formula is C9H6F10. The van der Waals surface area contributed by atoms with Gasteiger partial charge in [0.1, 0.15) is 0 Å². The zero-order valence-corrected chi connectivity index (χ0v) is 9.28. The largest absolute Gasteiger partial charge is 0.356 e. The first-order chi connectivity index (χ1) is 8.00. The number of halogens is 10. The number of rotatable bonds is 0. The lowest BCUT2D eigenvalue weighted by molar-refractivity contribution is -0.345. The van der Waals surface area contributed by atoms with Crippen LogP contribution in [0.2, 0.25) is 0 Å². The molecule has 2 rings (SSSR count). The van der Waals surface area contributed by atoms with Crippen molar-refractivity contribution in [2.45, 2.75) is 54.3 Å². The predicted octanol–water partition coefficient (Wildman–Crippen LogP) is 3.79. The Morgan fingerprint density at radius 3 is 0.789 bits per heavy atom. The summed E-state index contributed by atoms with van der Waals surface area (Å²) in [6.45, 7) is -0.850. The van der Waals surface area contributed by atoms with E-state index in [0.29, 0.717) is 0 Å². The molecule has 10 heteroatoms. The highest BCUT2D eigenvalue weighted by Crippen LogP contribution is 2.82. The summed E-state index contributed by atoms with van der Waals surface area (Å²) in [6.07, 6.45) is 0. The van der Waals surface area contributed by atoms with Crippen molar-refractivity contribution in [3.05, 3.63) is 0 Å². The van der Waals surface area contributed by atoms with Crippen molar-refractivity contribution >= 4 is 0 Å². The molecule has 0 aromatic rings. The third-order valence-electron chi connectivity index (χ3n) is 4.30. The van der Waals surface area contributed by atoms with Crippen molar-refractivity contribution < 1.29 is 43.9 Å². The molecule has 0 aromatic heterocycles. The monoisotopic (exact) mass is 304 g/mol. The lowest BCUT2D eigenvalue weighted by Crippen LogP contribution is -2.75. The molecule has 2 bridgehead atoms. The van der Waals surface area contributed by atoms with Gasteiger partial charge in [-0.25, -0.2) is 17.6 Å². The maximum absolute atomic E-state index is 13.8. The maximum atomic E-state index is 13.8. The van der Waals surface area contributed by atoms with Gasteiger partial charge >= 0.3 is 17.8 Å². The first-order valence-corrected chi connectivity index (χ1v) is 4.89.